The van der Waals surface area contributed by atoms with Gasteiger partial charge in [-0.05, 0) is 24.6 Å². The minimum atomic E-state index is -0.327. The van der Waals surface area contributed by atoms with Gasteiger partial charge >= 0.3 is 0 Å². The molecule has 0 spiro atoms. The van der Waals surface area contributed by atoms with Crippen molar-refractivity contribution in [2.75, 3.05) is 36.5 Å². The fourth-order valence-electron chi connectivity index (χ4n) is 3.61. The van der Waals surface area contributed by atoms with Gasteiger partial charge in [0.05, 0.1) is 30.0 Å². The quantitative estimate of drug-likeness (QED) is 0.723. The maximum atomic E-state index is 13.2. The molecular formula is C22H24N4O3. The van der Waals surface area contributed by atoms with Crippen molar-refractivity contribution in [3.8, 4) is 0 Å². The number of rotatable bonds is 5. The molecule has 1 fully saturated rings. The second-order valence-corrected chi connectivity index (χ2v) is 6.99. The molecule has 1 N–H and O–H groups in total. The molecule has 1 aliphatic heterocycles. The number of ether oxygens (including phenoxy) is 1. The van der Waals surface area contributed by atoms with Gasteiger partial charge < -0.3 is 15.0 Å². The van der Waals surface area contributed by atoms with Crippen LogP contribution in [-0.2, 0) is 11.3 Å². The van der Waals surface area contributed by atoms with Crippen LogP contribution in [0.5, 0.6) is 0 Å². The Balaban J connectivity index is 1.72. The lowest BCUT2D eigenvalue weighted by Crippen LogP contribution is -2.36. The summed E-state index contributed by atoms with van der Waals surface area (Å²) in [7, 11) is 0. The Labute approximate surface area is 168 Å². The largest absolute Gasteiger partial charge is 0.378 e. The molecule has 150 valence electrons. The third-order valence-corrected chi connectivity index (χ3v) is 5.02. The topological polar surface area (TPSA) is 76.5 Å². The minimum absolute atomic E-state index is 0.173. The molecule has 4 rings (SSSR count). The Morgan fingerprint density at radius 3 is 2.52 bits per heavy atom. The summed E-state index contributed by atoms with van der Waals surface area (Å²) in [5.74, 6) is -0.327. The number of aryl methyl sites for hydroxylation is 1. The zero-order valence-corrected chi connectivity index (χ0v) is 16.4. The number of anilines is 2. The molecule has 1 aromatic heterocycles. The molecule has 3 aromatic rings. The molecule has 7 heteroatoms. The van der Waals surface area contributed by atoms with E-state index in [1.807, 2.05) is 37.3 Å². The summed E-state index contributed by atoms with van der Waals surface area (Å²) in [6.07, 6.45) is 0.756. The van der Waals surface area contributed by atoms with Crippen LogP contribution in [-0.4, -0.2) is 42.0 Å². The van der Waals surface area contributed by atoms with Crippen molar-refractivity contribution < 1.29 is 9.53 Å². The van der Waals surface area contributed by atoms with E-state index in [1.165, 1.54) is 4.68 Å². The summed E-state index contributed by atoms with van der Waals surface area (Å²) in [6, 6.07) is 14.8. The molecule has 0 atom stereocenters. The van der Waals surface area contributed by atoms with Crippen LogP contribution in [0.2, 0.25) is 0 Å². The van der Waals surface area contributed by atoms with E-state index in [1.54, 1.807) is 18.2 Å². The Hall–Kier alpha value is -3.19. The van der Waals surface area contributed by atoms with E-state index in [4.69, 9.17) is 4.74 Å². The van der Waals surface area contributed by atoms with Crippen molar-refractivity contribution in [2.24, 2.45) is 0 Å². The first kappa shape index (κ1) is 19.1. The van der Waals surface area contributed by atoms with Crippen LogP contribution < -0.4 is 15.8 Å². The van der Waals surface area contributed by atoms with Crippen LogP contribution >= 0.6 is 0 Å². The first-order valence-electron chi connectivity index (χ1n) is 9.92. The predicted octanol–water partition coefficient (Wildman–Crippen LogP) is 2.90. The molecule has 0 radical (unpaired) electrons. The van der Waals surface area contributed by atoms with Crippen molar-refractivity contribution >= 4 is 28.1 Å². The fraction of sp³-hybridized carbons (Fsp3) is 0.318. The molecule has 1 saturated heterocycles. The Bertz CT molecular complexity index is 1090. The van der Waals surface area contributed by atoms with Gasteiger partial charge in [0.15, 0.2) is 5.69 Å². The maximum absolute atomic E-state index is 13.2. The number of hydrogen-bond acceptors (Lipinski definition) is 5. The summed E-state index contributed by atoms with van der Waals surface area (Å²) in [4.78, 5) is 28.1. The lowest BCUT2D eigenvalue weighted by Gasteiger charge is -2.30. The molecule has 0 saturated carbocycles. The average Bonchev–Trinajstić information content (AvgIpc) is 2.77. The molecule has 0 bridgehead atoms. The molecule has 2 heterocycles. The first-order valence-corrected chi connectivity index (χ1v) is 9.92. The SMILES string of the molecule is CCCn1nc(C(=O)Nc2ccccc2N2CCOCC2)c2ccccc2c1=O. The van der Waals surface area contributed by atoms with Crippen molar-refractivity contribution in [2.45, 2.75) is 19.9 Å². The Morgan fingerprint density at radius 1 is 1.07 bits per heavy atom. The second-order valence-electron chi connectivity index (χ2n) is 6.99. The van der Waals surface area contributed by atoms with Crippen LogP contribution in [0, 0.1) is 0 Å². The number of hydrogen-bond donors (Lipinski definition) is 1. The molecule has 0 aliphatic carbocycles. The molecule has 29 heavy (non-hydrogen) atoms. The van der Waals surface area contributed by atoms with Gasteiger partial charge in [-0.15, -0.1) is 0 Å². The third-order valence-electron chi connectivity index (χ3n) is 5.02. The van der Waals surface area contributed by atoms with E-state index >= 15 is 0 Å². The molecule has 2 aromatic carbocycles. The molecule has 1 amide bonds. The molecule has 7 nitrogen and oxygen atoms in total. The van der Waals surface area contributed by atoms with Gasteiger partial charge in [-0.2, -0.15) is 5.10 Å². The fourth-order valence-corrected chi connectivity index (χ4v) is 3.61. The zero-order chi connectivity index (χ0) is 20.2. The predicted molar refractivity (Wildman–Crippen MR) is 114 cm³/mol. The second kappa shape index (κ2) is 8.45. The van der Waals surface area contributed by atoms with Crippen molar-refractivity contribution in [1.29, 1.82) is 0 Å². The number of amides is 1. The summed E-state index contributed by atoms with van der Waals surface area (Å²) in [5, 5.41) is 8.46. The monoisotopic (exact) mass is 392 g/mol. The van der Waals surface area contributed by atoms with E-state index in [0.29, 0.717) is 30.5 Å². The van der Waals surface area contributed by atoms with Gasteiger partial charge in [0, 0.05) is 25.0 Å². The highest BCUT2D eigenvalue weighted by molar-refractivity contribution is 6.12. The number of benzene rings is 2. The minimum Gasteiger partial charge on any atom is -0.378 e. The standard InChI is InChI=1S/C22H24N4O3/c1-2-11-26-22(28)17-8-4-3-7-16(17)20(24-26)21(27)23-18-9-5-6-10-19(18)25-12-14-29-15-13-25/h3-10H,2,11-15H2,1H3,(H,23,27). The van der Waals surface area contributed by atoms with E-state index < -0.39 is 0 Å². The highest BCUT2D eigenvalue weighted by Gasteiger charge is 2.20. The third kappa shape index (κ3) is 3.86. The van der Waals surface area contributed by atoms with Crippen LogP contribution in [0.1, 0.15) is 23.8 Å². The van der Waals surface area contributed by atoms with E-state index in [0.717, 1.165) is 30.9 Å². The van der Waals surface area contributed by atoms with Crippen molar-refractivity contribution in [1.82, 2.24) is 9.78 Å². The Kier molecular flexibility index (Phi) is 5.57. The van der Waals surface area contributed by atoms with Crippen LogP contribution in [0.4, 0.5) is 11.4 Å². The number of aromatic nitrogens is 2. The summed E-state index contributed by atoms with van der Waals surface area (Å²) in [6.45, 7) is 5.31. The molecular weight excluding hydrogens is 368 g/mol. The summed E-state index contributed by atoms with van der Waals surface area (Å²) in [5.41, 5.74) is 1.76. The van der Waals surface area contributed by atoms with Gasteiger partial charge in [0.2, 0.25) is 0 Å². The number of carbonyl (C=O) groups excluding carboxylic acids is 1. The van der Waals surface area contributed by atoms with Gasteiger partial charge in [0.25, 0.3) is 11.5 Å². The lowest BCUT2D eigenvalue weighted by molar-refractivity contribution is 0.102. The van der Waals surface area contributed by atoms with Gasteiger partial charge in [-0.1, -0.05) is 37.3 Å². The highest BCUT2D eigenvalue weighted by Crippen LogP contribution is 2.27. The maximum Gasteiger partial charge on any atom is 0.276 e. The smallest absolute Gasteiger partial charge is 0.276 e. The lowest BCUT2D eigenvalue weighted by atomic mass is 10.1. The number of nitrogens with zero attached hydrogens (tertiary/aromatic N) is 3. The Morgan fingerprint density at radius 2 is 1.76 bits per heavy atom. The van der Waals surface area contributed by atoms with Gasteiger partial charge in [0.1, 0.15) is 0 Å². The van der Waals surface area contributed by atoms with E-state index in [2.05, 4.69) is 15.3 Å². The van der Waals surface area contributed by atoms with E-state index in [9.17, 15) is 9.59 Å². The average molecular weight is 392 g/mol. The molecule has 1 aliphatic rings. The summed E-state index contributed by atoms with van der Waals surface area (Å²) >= 11 is 0. The van der Waals surface area contributed by atoms with Crippen LogP contribution in [0.25, 0.3) is 10.8 Å². The summed E-state index contributed by atoms with van der Waals surface area (Å²) < 4.78 is 6.82. The first-order chi connectivity index (χ1) is 14.2. The molecule has 0 unspecified atom stereocenters. The number of carbonyl (C=O) groups is 1. The van der Waals surface area contributed by atoms with Crippen LogP contribution in [0.15, 0.2) is 53.3 Å². The van der Waals surface area contributed by atoms with Gasteiger partial charge in [-0.25, -0.2) is 4.68 Å². The number of nitrogens with one attached hydrogen (secondary N) is 1. The zero-order valence-electron chi connectivity index (χ0n) is 16.4. The number of para-hydroxylation sites is 2. The van der Waals surface area contributed by atoms with Crippen LogP contribution in [0.3, 0.4) is 0 Å². The van der Waals surface area contributed by atoms with Crippen molar-refractivity contribution in [3.63, 3.8) is 0 Å². The van der Waals surface area contributed by atoms with Gasteiger partial charge in [-0.3, -0.25) is 9.59 Å². The normalized spacial score (nSPS) is 14.2. The van der Waals surface area contributed by atoms with Crippen molar-refractivity contribution in [3.05, 3.63) is 64.6 Å². The number of morpholine rings is 1. The highest BCUT2D eigenvalue weighted by atomic mass is 16.5. The van der Waals surface area contributed by atoms with E-state index in [-0.39, 0.29) is 17.2 Å². The number of fused-ring (bicyclic) bond motifs is 1.